The van der Waals surface area contributed by atoms with Gasteiger partial charge in [0.2, 0.25) is 5.54 Å². The molecule has 1 aromatic rings. The van der Waals surface area contributed by atoms with Gasteiger partial charge in [0, 0.05) is 5.69 Å². The van der Waals surface area contributed by atoms with Gasteiger partial charge in [0.25, 0.3) is 5.91 Å². The number of anilines is 1. The number of hydrogen-bond donors (Lipinski definition) is 2. The number of benzene rings is 1. The van der Waals surface area contributed by atoms with E-state index in [-0.39, 0.29) is 5.69 Å². The summed E-state index contributed by atoms with van der Waals surface area (Å²) in [6.07, 6.45) is -3.12. The smallest absolute Gasteiger partial charge is 0.373 e. The second-order valence-corrected chi connectivity index (χ2v) is 7.51. The van der Waals surface area contributed by atoms with Gasteiger partial charge in [0.15, 0.2) is 0 Å². The molecule has 2 fully saturated rings. The lowest BCUT2D eigenvalue weighted by Crippen LogP contribution is -2.55. The van der Waals surface area contributed by atoms with E-state index in [4.69, 9.17) is 15.5 Å². The third-order valence-electron chi connectivity index (χ3n) is 5.98. The van der Waals surface area contributed by atoms with Crippen LogP contribution in [-0.2, 0) is 15.7 Å². The Bertz CT molecular complexity index is 987. The molecule has 2 bridgehead atoms. The molecular formula is C18H15F3N4O3. The number of carbonyl (C=O) groups is 1. The summed E-state index contributed by atoms with van der Waals surface area (Å²) in [6, 6.07) is 4.23. The second-order valence-electron chi connectivity index (χ2n) is 7.51. The van der Waals surface area contributed by atoms with Gasteiger partial charge < -0.3 is 9.84 Å². The molecule has 0 aromatic heterocycles. The Morgan fingerprint density at radius 2 is 2.04 bits per heavy atom. The SMILES string of the molecule is CC12C=C[C@@](C)(O1)[C@]1(N=N)C(=O)N(c3ccc(C#N)c(C(F)(F)F)c3)C(O)C21. The topological polar surface area (TPSA) is 110 Å². The van der Waals surface area contributed by atoms with Crippen LogP contribution in [0.5, 0.6) is 0 Å². The van der Waals surface area contributed by atoms with Crippen molar-refractivity contribution in [3.63, 3.8) is 0 Å². The molecule has 10 heteroatoms. The number of aliphatic hydroxyl groups is 1. The molecule has 28 heavy (non-hydrogen) atoms. The Morgan fingerprint density at radius 1 is 1.36 bits per heavy atom. The minimum absolute atomic E-state index is 0.229. The lowest BCUT2D eigenvalue weighted by molar-refractivity contribution is -0.138. The highest BCUT2D eigenvalue weighted by molar-refractivity contribution is 6.06. The maximum atomic E-state index is 13.3. The average Bonchev–Trinajstić information content (AvgIpc) is 3.14. The minimum Gasteiger partial charge on any atom is -0.373 e. The van der Waals surface area contributed by atoms with Crippen LogP contribution in [0.1, 0.15) is 25.0 Å². The Kier molecular flexibility index (Phi) is 3.44. The molecule has 0 saturated carbocycles. The number of amides is 1. The van der Waals surface area contributed by atoms with E-state index in [1.54, 1.807) is 26.0 Å². The van der Waals surface area contributed by atoms with Crippen LogP contribution in [-0.4, -0.2) is 34.0 Å². The van der Waals surface area contributed by atoms with Crippen LogP contribution >= 0.6 is 0 Å². The van der Waals surface area contributed by atoms with Crippen molar-refractivity contribution < 1.29 is 27.8 Å². The van der Waals surface area contributed by atoms with Gasteiger partial charge in [-0.1, -0.05) is 12.2 Å². The van der Waals surface area contributed by atoms with Gasteiger partial charge >= 0.3 is 6.18 Å². The molecule has 1 amide bonds. The van der Waals surface area contributed by atoms with E-state index < -0.39 is 52.1 Å². The summed E-state index contributed by atoms with van der Waals surface area (Å²) in [4.78, 5) is 14.1. The van der Waals surface area contributed by atoms with Crippen molar-refractivity contribution in [1.82, 2.24) is 0 Å². The summed E-state index contributed by atoms with van der Waals surface area (Å²) >= 11 is 0. The van der Waals surface area contributed by atoms with Gasteiger partial charge in [-0.2, -0.15) is 23.5 Å². The molecule has 0 spiro atoms. The van der Waals surface area contributed by atoms with Gasteiger partial charge in [-0.25, -0.2) is 5.53 Å². The fourth-order valence-corrected chi connectivity index (χ4v) is 4.77. The van der Waals surface area contributed by atoms with E-state index in [2.05, 4.69) is 5.11 Å². The second kappa shape index (κ2) is 5.18. The molecule has 3 unspecified atom stereocenters. The standard InChI is InChI=1S/C18H15F3N4O3/c1-15-5-6-16(2,28-15)17(24-23)12(15)13(26)25(14(17)27)10-4-3-9(8-22)11(7-10)18(19,20)21/h3-7,12-13,23,26H,1-2H3/t12?,13?,15?,16-,17-/m1/s1. The zero-order valence-electron chi connectivity index (χ0n) is 14.8. The van der Waals surface area contributed by atoms with Crippen LogP contribution < -0.4 is 4.90 Å². The largest absolute Gasteiger partial charge is 0.417 e. The Hall–Kier alpha value is -2.77. The van der Waals surface area contributed by atoms with Crippen LogP contribution in [0.25, 0.3) is 0 Å². The fraction of sp³-hybridized carbons (Fsp3) is 0.444. The molecule has 4 rings (SSSR count). The first-order chi connectivity index (χ1) is 12.9. The molecule has 1 aromatic carbocycles. The number of carbonyl (C=O) groups excluding carboxylic acids is 1. The van der Waals surface area contributed by atoms with Crippen molar-refractivity contribution in [2.24, 2.45) is 11.0 Å². The molecule has 7 nitrogen and oxygen atoms in total. The maximum absolute atomic E-state index is 13.3. The van der Waals surface area contributed by atoms with Crippen molar-refractivity contribution in [3.05, 3.63) is 41.5 Å². The van der Waals surface area contributed by atoms with Crippen LogP contribution in [0, 0.1) is 22.8 Å². The summed E-state index contributed by atoms with van der Waals surface area (Å²) in [5, 5.41) is 23.4. The molecule has 3 aliphatic rings. The van der Waals surface area contributed by atoms with Crippen molar-refractivity contribution in [1.29, 1.82) is 10.8 Å². The maximum Gasteiger partial charge on any atom is 0.417 e. The molecule has 0 aliphatic carbocycles. The number of aliphatic hydroxyl groups excluding tert-OH is 1. The Balaban J connectivity index is 1.88. The summed E-state index contributed by atoms with van der Waals surface area (Å²) in [6.45, 7) is 3.19. The first kappa shape index (κ1) is 18.6. The van der Waals surface area contributed by atoms with E-state index in [1.165, 1.54) is 6.07 Å². The Morgan fingerprint density at radius 3 is 2.57 bits per heavy atom. The number of nitriles is 1. The molecule has 5 atom stereocenters. The van der Waals surface area contributed by atoms with Gasteiger partial charge in [-0.3, -0.25) is 9.69 Å². The number of hydrogen-bond acceptors (Lipinski definition) is 6. The number of ether oxygens (including phenoxy) is 1. The lowest BCUT2D eigenvalue weighted by Gasteiger charge is -2.33. The number of halogens is 3. The van der Waals surface area contributed by atoms with Crippen LogP contribution in [0.3, 0.4) is 0 Å². The zero-order chi connectivity index (χ0) is 20.7. The van der Waals surface area contributed by atoms with E-state index in [9.17, 15) is 23.1 Å². The number of alkyl halides is 3. The summed E-state index contributed by atoms with van der Waals surface area (Å²) in [5.41, 5.74) is 1.45. The van der Waals surface area contributed by atoms with E-state index in [0.717, 1.165) is 17.0 Å². The first-order valence-electron chi connectivity index (χ1n) is 8.37. The average molecular weight is 392 g/mol. The predicted octanol–water partition coefficient (Wildman–Crippen LogP) is 2.75. The van der Waals surface area contributed by atoms with Crippen LogP contribution in [0.4, 0.5) is 18.9 Å². The zero-order valence-corrected chi connectivity index (χ0v) is 14.8. The van der Waals surface area contributed by atoms with Crippen molar-refractivity contribution >= 4 is 11.6 Å². The number of nitrogens with one attached hydrogen (secondary N) is 1. The van der Waals surface area contributed by atoms with Crippen molar-refractivity contribution in [2.75, 3.05) is 4.90 Å². The quantitative estimate of drug-likeness (QED) is 0.596. The highest BCUT2D eigenvalue weighted by Crippen LogP contribution is 2.62. The molecule has 0 radical (unpaired) electrons. The molecule has 3 heterocycles. The van der Waals surface area contributed by atoms with E-state index >= 15 is 0 Å². The highest BCUT2D eigenvalue weighted by atomic mass is 19.4. The summed E-state index contributed by atoms with van der Waals surface area (Å²) in [7, 11) is 0. The summed E-state index contributed by atoms with van der Waals surface area (Å²) < 4.78 is 45.9. The van der Waals surface area contributed by atoms with Gasteiger partial charge in [0.05, 0.1) is 28.7 Å². The van der Waals surface area contributed by atoms with E-state index in [0.29, 0.717) is 6.07 Å². The monoisotopic (exact) mass is 392 g/mol. The number of rotatable bonds is 2. The first-order valence-corrected chi connectivity index (χ1v) is 8.37. The molecule has 3 aliphatic heterocycles. The normalized spacial score (nSPS) is 38.6. The molecular weight excluding hydrogens is 377 g/mol. The fourth-order valence-electron chi connectivity index (χ4n) is 4.77. The van der Waals surface area contributed by atoms with Gasteiger partial charge in [-0.05, 0) is 32.0 Å². The number of nitrogens with zero attached hydrogens (tertiary/aromatic N) is 3. The molecule has 2 saturated heterocycles. The van der Waals surface area contributed by atoms with Crippen LogP contribution in [0.2, 0.25) is 0 Å². The van der Waals surface area contributed by atoms with Gasteiger partial charge in [0.1, 0.15) is 11.8 Å². The third kappa shape index (κ3) is 1.92. The summed E-state index contributed by atoms with van der Waals surface area (Å²) in [5.74, 6) is -1.81. The minimum atomic E-state index is -4.82. The molecule has 146 valence electrons. The highest BCUT2D eigenvalue weighted by Gasteiger charge is 2.80. The number of fused-ring (bicyclic) bond motifs is 5. The molecule has 2 N–H and O–H groups in total. The van der Waals surface area contributed by atoms with Crippen molar-refractivity contribution in [3.8, 4) is 6.07 Å². The third-order valence-corrected chi connectivity index (χ3v) is 5.98. The van der Waals surface area contributed by atoms with Crippen LogP contribution in [0.15, 0.2) is 35.5 Å². The van der Waals surface area contributed by atoms with Gasteiger partial charge in [-0.15, -0.1) is 0 Å². The van der Waals surface area contributed by atoms with Crippen molar-refractivity contribution in [2.45, 2.75) is 43.0 Å². The van der Waals surface area contributed by atoms with E-state index in [1.807, 2.05) is 0 Å². The Labute approximate surface area is 157 Å². The lowest BCUT2D eigenvalue weighted by atomic mass is 9.67. The predicted molar refractivity (Wildman–Crippen MR) is 88.1 cm³/mol.